The van der Waals surface area contributed by atoms with E-state index in [1.54, 1.807) is 17.9 Å². The van der Waals surface area contributed by atoms with Gasteiger partial charge in [0.15, 0.2) is 6.10 Å². The van der Waals surface area contributed by atoms with Crippen molar-refractivity contribution in [3.63, 3.8) is 0 Å². The number of carbonyl (C=O) groups is 2. The second kappa shape index (κ2) is 7.13. The second-order valence-corrected chi connectivity index (χ2v) is 6.63. The molecular weight excluding hydrogens is 350 g/mol. The molecule has 3 atom stereocenters. The maximum atomic E-state index is 12.5. The van der Waals surface area contributed by atoms with Crippen LogP contribution in [0.4, 0.5) is 0 Å². The largest absolute Gasteiger partial charge is 0.481 e. The van der Waals surface area contributed by atoms with E-state index in [0.717, 1.165) is 4.47 Å². The predicted molar refractivity (Wildman–Crippen MR) is 85.7 cm³/mol. The molecule has 1 N–H and O–H groups in total. The molecule has 0 aliphatic carbocycles. The minimum absolute atomic E-state index is 0.0479. The summed E-state index contributed by atoms with van der Waals surface area (Å²) in [7, 11) is 0. The van der Waals surface area contributed by atoms with Gasteiger partial charge >= 0.3 is 5.97 Å². The molecular formula is C16H20BrNO4. The Hall–Kier alpha value is -1.56. The van der Waals surface area contributed by atoms with Crippen molar-refractivity contribution in [2.75, 3.05) is 13.1 Å². The molecule has 0 spiro atoms. The molecule has 1 aliphatic heterocycles. The summed E-state index contributed by atoms with van der Waals surface area (Å²) < 4.78 is 6.57. The number of amides is 1. The molecule has 5 nitrogen and oxygen atoms in total. The first-order valence-electron chi connectivity index (χ1n) is 7.32. The van der Waals surface area contributed by atoms with E-state index in [-0.39, 0.29) is 17.7 Å². The van der Waals surface area contributed by atoms with Crippen LogP contribution >= 0.6 is 15.9 Å². The van der Waals surface area contributed by atoms with E-state index in [1.165, 1.54) is 0 Å². The summed E-state index contributed by atoms with van der Waals surface area (Å²) in [6.07, 6.45) is -0.103. The van der Waals surface area contributed by atoms with Crippen molar-refractivity contribution in [3.8, 4) is 5.75 Å². The number of benzene rings is 1. The highest BCUT2D eigenvalue weighted by atomic mass is 79.9. The zero-order valence-electron chi connectivity index (χ0n) is 12.7. The van der Waals surface area contributed by atoms with Crippen molar-refractivity contribution in [1.82, 2.24) is 4.90 Å². The van der Waals surface area contributed by atoms with Crippen LogP contribution in [0.3, 0.4) is 0 Å². The number of halogens is 1. The van der Waals surface area contributed by atoms with E-state index in [9.17, 15) is 9.59 Å². The smallest absolute Gasteiger partial charge is 0.306 e. The monoisotopic (exact) mass is 369 g/mol. The van der Waals surface area contributed by atoms with Crippen molar-refractivity contribution in [3.05, 3.63) is 28.7 Å². The number of carboxylic acids is 1. The van der Waals surface area contributed by atoms with E-state index >= 15 is 0 Å². The van der Waals surface area contributed by atoms with Crippen LogP contribution in [0.2, 0.25) is 0 Å². The van der Waals surface area contributed by atoms with Crippen LogP contribution in [-0.4, -0.2) is 41.1 Å². The molecule has 1 aromatic rings. The number of carbonyl (C=O) groups excluding carboxylic acids is 1. The Bertz CT molecular complexity index is 563. The molecule has 1 heterocycles. The minimum Gasteiger partial charge on any atom is -0.481 e. The van der Waals surface area contributed by atoms with E-state index in [0.29, 0.717) is 25.3 Å². The molecule has 0 saturated carbocycles. The average molecular weight is 370 g/mol. The number of ether oxygens (including phenoxy) is 1. The Morgan fingerprint density at radius 3 is 2.77 bits per heavy atom. The van der Waals surface area contributed by atoms with Gasteiger partial charge in [-0.1, -0.05) is 28.9 Å². The third-order valence-corrected chi connectivity index (χ3v) is 4.48. The van der Waals surface area contributed by atoms with Gasteiger partial charge in [0.1, 0.15) is 5.75 Å². The van der Waals surface area contributed by atoms with Gasteiger partial charge in [0, 0.05) is 17.6 Å². The van der Waals surface area contributed by atoms with Crippen LogP contribution in [0.25, 0.3) is 0 Å². The van der Waals surface area contributed by atoms with Crippen LogP contribution < -0.4 is 4.74 Å². The molecule has 6 heteroatoms. The number of rotatable bonds is 4. The van der Waals surface area contributed by atoms with E-state index in [2.05, 4.69) is 15.9 Å². The highest BCUT2D eigenvalue weighted by molar-refractivity contribution is 9.10. The fourth-order valence-corrected chi connectivity index (χ4v) is 3.14. The standard InChI is InChI=1S/C16H20BrNO4/c1-10-9-18(7-6-14(10)16(20)21)15(19)11(2)22-13-5-3-4-12(17)8-13/h3-5,8,10-11,14H,6-7,9H2,1-2H3,(H,20,21). The van der Waals surface area contributed by atoms with E-state index in [4.69, 9.17) is 9.84 Å². The summed E-state index contributed by atoms with van der Waals surface area (Å²) in [5.74, 6) is -0.670. The first-order valence-corrected chi connectivity index (χ1v) is 8.11. The van der Waals surface area contributed by atoms with Crippen LogP contribution in [0.15, 0.2) is 28.7 Å². The predicted octanol–water partition coefficient (Wildman–Crippen LogP) is 2.79. The fraction of sp³-hybridized carbons (Fsp3) is 0.500. The Morgan fingerprint density at radius 2 is 2.18 bits per heavy atom. The Morgan fingerprint density at radius 1 is 1.45 bits per heavy atom. The summed E-state index contributed by atoms with van der Waals surface area (Å²) in [5.41, 5.74) is 0. The van der Waals surface area contributed by atoms with Gasteiger partial charge in [-0.05, 0) is 37.5 Å². The molecule has 1 aliphatic rings. The van der Waals surface area contributed by atoms with Gasteiger partial charge in [-0.15, -0.1) is 0 Å². The first-order chi connectivity index (χ1) is 10.4. The highest BCUT2D eigenvalue weighted by Crippen LogP contribution is 2.25. The molecule has 3 unspecified atom stereocenters. The Kier molecular flexibility index (Phi) is 5.45. The molecule has 22 heavy (non-hydrogen) atoms. The minimum atomic E-state index is -0.780. The van der Waals surface area contributed by atoms with Gasteiger partial charge < -0.3 is 14.7 Å². The van der Waals surface area contributed by atoms with Crippen LogP contribution in [0, 0.1) is 11.8 Å². The number of nitrogens with zero attached hydrogens (tertiary/aromatic N) is 1. The normalized spacial score (nSPS) is 23.0. The van der Waals surface area contributed by atoms with Crippen LogP contribution in [0.1, 0.15) is 20.3 Å². The lowest BCUT2D eigenvalue weighted by Crippen LogP contribution is -2.49. The SMILES string of the molecule is CC(Oc1cccc(Br)c1)C(=O)N1CCC(C(=O)O)C(C)C1. The number of likely N-dealkylation sites (tertiary alicyclic amines) is 1. The maximum absolute atomic E-state index is 12.5. The summed E-state index contributed by atoms with van der Waals surface area (Å²) in [6, 6.07) is 7.34. The van der Waals surface area contributed by atoms with E-state index in [1.807, 2.05) is 25.1 Å². The quantitative estimate of drug-likeness (QED) is 0.885. The third-order valence-electron chi connectivity index (χ3n) is 3.99. The van der Waals surface area contributed by atoms with Gasteiger partial charge in [-0.2, -0.15) is 0 Å². The van der Waals surface area contributed by atoms with Crippen molar-refractivity contribution in [2.24, 2.45) is 11.8 Å². The van der Waals surface area contributed by atoms with Crippen molar-refractivity contribution < 1.29 is 19.4 Å². The lowest BCUT2D eigenvalue weighted by Gasteiger charge is -2.36. The lowest BCUT2D eigenvalue weighted by molar-refractivity contribution is -0.150. The maximum Gasteiger partial charge on any atom is 0.306 e. The Labute approximate surface area is 138 Å². The molecule has 1 fully saturated rings. The number of carboxylic acid groups (broad SMARTS) is 1. The fourth-order valence-electron chi connectivity index (χ4n) is 2.76. The summed E-state index contributed by atoms with van der Waals surface area (Å²) in [6.45, 7) is 4.52. The third kappa shape index (κ3) is 4.00. The van der Waals surface area contributed by atoms with E-state index < -0.39 is 12.1 Å². The number of hydrogen-bond acceptors (Lipinski definition) is 3. The second-order valence-electron chi connectivity index (χ2n) is 5.71. The topological polar surface area (TPSA) is 66.8 Å². The molecule has 0 bridgehead atoms. The number of hydrogen-bond donors (Lipinski definition) is 1. The molecule has 1 saturated heterocycles. The van der Waals surface area contributed by atoms with Gasteiger partial charge in [-0.25, -0.2) is 0 Å². The first kappa shape index (κ1) is 16.8. The van der Waals surface area contributed by atoms with Crippen molar-refractivity contribution in [2.45, 2.75) is 26.4 Å². The van der Waals surface area contributed by atoms with Crippen LogP contribution in [-0.2, 0) is 9.59 Å². The van der Waals surface area contributed by atoms with Gasteiger partial charge in [0.05, 0.1) is 5.92 Å². The van der Waals surface area contributed by atoms with Gasteiger partial charge in [-0.3, -0.25) is 9.59 Å². The highest BCUT2D eigenvalue weighted by Gasteiger charge is 2.34. The summed E-state index contributed by atoms with van der Waals surface area (Å²) in [5, 5.41) is 9.13. The van der Waals surface area contributed by atoms with Crippen molar-refractivity contribution in [1.29, 1.82) is 0 Å². The summed E-state index contributed by atoms with van der Waals surface area (Å²) >= 11 is 3.36. The molecule has 0 radical (unpaired) electrons. The average Bonchev–Trinajstić information content (AvgIpc) is 2.45. The lowest BCUT2D eigenvalue weighted by atomic mass is 9.87. The van der Waals surface area contributed by atoms with Crippen molar-refractivity contribution >= 4 is 27.8 Å². The number of piperidine rings is 1. The molecule has 2 rings (SSSR count). The molecule has 1 amide bonds. The molecule has 0 aromatic heterocycles. The Balaban J connectivity index is 1.95. The van der Waals surface area contributed by atoms with Gasteiger partial charge in [0.25, 0.3) is 5.91 Å². The van der Waals surface area contributed by atoms with Crippen LogP contribution in [0.5, 0.6) is 5.75 Å². The molecule has 1 aromatic carbocycles. The van der Waals surface area contributed by atoms with Gasteiger partial charge in [0.2, 0.25) is 0 Å². The summed E-state index contributed by atoms with van der Waals surface area (Å²) in [4.78, 5) is 25.3. The number of aliphatic carboxylic acids is 1. The zero-order chi connectivity index (χ0) is 16.3. The molecule has 120 valence electrons. The zero-order valence-corrected chi connectivity index (χ0v) is 14.2.